The lowest BCUT2D eigenvalue weighted by atomic mass is 9.93. The number of hydrogen-bond donors (Lipinski definition) is 2. The maximum absolute atomic E-state index is 9.35. The second-order valence-electron chi connectivity index (χ2n) is 3.63. The van der Waals surface area contributed by atoms with E-state index < -0.39 is 0 Å². The molecule has 0 spiro atoms. The molecule has 0 radical (unpaired) electrons. The lowest BCUT2D eigenvalue weighted by molar-refractivity contribution is 0.126. The van der Waals surface area contributed by atoms with Gasteiger partial charge in [-0.2, -0.15) is 0 Å². The van der Waals surface area contributed by atoms with Crippen LogP contribution in [-0.2, 0) is 0 Å². The molecule has 5 heteroatoms. The summed E-state index contributed by atoms with van der Waals surface area (Å²) >= 11 is 4.94. The lowest BCUT2D eigenvalue weighted by Gasteiger charge is -2.25. The van der Waals surface area contributed by atoms with E-state index in [4.69, 9.17) is 0 Å². The minimum atomic E-state index is -0.0870. The van der Waals surface area contributed by atoms with Crippen molar-refractivity contribution in [3.8, 4) is 0 Å². The van der Waals surface area contributed by atoms with Crippen molar-refractivity contribution >= 4 is 32.4 Å². The zero-order valence-corrected chi connectivity index (χ0v) is 10.1. The Morgan fingerprint density at radius 1 is 1.43 bits per heavy atom. The number of aromatic nitrogens is 1. The number of nitrogens with zero attached hydrogens (tertiary/aromatic N) is 1. The summed E-state index contributed by atoms with van der Waals surface area (Å²) in [6.45, 7) is 0. The van der Waals surface area contributed by atoms with Gasteiger partial charge in [-0.25, -0.2) is 4.98 Å². The summed E-state index contributed by atoms with van der Waals surface area (Å²) in [5.41, 5.74) is 0. The molecule has 2 rings (SSSR count). The predicted molar refractivity (Wildman–Crippen MR) is 61.7 cm³/mol. The first-order valence-electron chi connectivity index (χ1n) is 4.79. The van der Waals surface area contributed by atoms with Crippen LogP contribution in [0.2, 0.25) is 0 Å². The summed E-state index contributed by atoms with van der Waals surface area (Å²) in [6, 6.07) is 0.483. The highest BCUT2D eigenvalue weighted by Gasteiger charge is 2.19. The van der Waals surface area contributed by atoms with Crippen LogP contribution in [0.3, 0.4) is 0 Å². The Kier molecular flexibility index (Phi) is 3.41. The van der Waals surface area contributed by atoms with Gasteiger partial charge in [0.25, 0.3) is 0 Å². The van der Waals surface area contributed by atoms with E-state index in [0.717, 1.165) is 35.4 Å². The summed E-state index contributed by atoms with van der Waals surface area (Å²) in [4.78, 5) is 4.29. The van der Waals surface area contributed by atoms with Gasteiger partial charge in [0, 0.05) is 11.4 Å². The van der Waals surface area contributed by atoms with Crippen LogP contribution in [0.15, 0.2) is 9.98 Å². The highest BCUT2D eigenvalue weighted by Crippen LogP contribution is 2.25. The topological polar surface area (TPSA) is 45.1 Å². The molecule has 0 atom stereocenters. The van der Waals surface area contributed by atoms with E-state index in [1.807, 2.05) is 5.38 Å². The molecule has 0 aromatic carbocycles. The van der Waals surface area contributed by atoms with Crippen molar-refractivity contribution in [2.24, 2.45) is 0 Å². The van der Waals surface area contributed by atoms with Crippen LogP contribution in [0.5, 0.6) is 0 Å². The fourth-order valence-electron chi connectivity index (χ4n) is 1.72. The number of rotatable bonds is 2. The van der Waals surface area contributed by atoms with Crippen LogP contribution in [-0.4, -0.2) is 22.2 Å². The third kappa shape index (κ3) is 2.68. The average molecular weight is 277 g/mol. The molecule has 1 aliphatic rings. The molecule has 0 bridgehead atoms. The summed E-state index contributed by atoms with van der Waals surface area (Å²) < 4.78 is 0.890. The summed E-state index contributed by atoms with van der Waals surface area (Å²) in [7, 11) is 0. The Balaban J connectivity index is 1.86. The Hall–Kier alpha value is -0.130. The van der Waals surface area contributed by atoms with Gasteiger partial charge in [-0.15, -0.1) is 11.3 Å². The standard InChI is InChI=1S/C9H13BrN2OS/c10-8-5-14-9(12-8)11-6-1-3-7(13)4-2-6/h5-7,13H,1-4H2,(H,11,12). The first-order chi connectivity index (χ1) is 6.74. The third-order valence-electron chi connectivity index (χ3n) is 2.50. The first-order valence-corrected chi connectivity index (χ1v) is 6.47. The molecule has 1 fully saturated rings. The van der Waals surface area contributed by atoms with Gasteiger partial charge >= 0.3 is 0 Å². The molecule has 14 heavy (non-hydrogen) atoms. The SMILES string of the molecule is OC1CCC(Nc2nc(Br)cs2)CC1. The van der Waals surface area contributed by atoms with Gasteiger partial charge in [-0.3, -0.25) is 0 Å². The minimum absolute atomic E-state index is 0.0870. The van der Waals surface area contributed by atoms with E-state index >= 15 is 0 Å². The Morgan fingerprint density at radius 3 is 2.71 bits per heavy atom. The zero-order valence-electron chi connectivity index (χ0n) is 7.74. The van der Waals surface area contributed by atoms with Gasteiger partial charge in [-0.05, 0) is 41.6 Å². The summed E-state index contributed by atoms with van der Waals surface area (Å²) in [6.07, 6.45) is 3.81. The fraction of sp³-hybridized carbons (Fsp3) is 0.667. The van der Waals surface area contributed by atoms with Crippen molar-refractivity contribution in [3.63, 3.8) is 0 Å². The molecule has 1 aliphatic carbocycles. The van der Waals surface area contributed by atoms with Crippen molar-refractivity contribution < 1.29 is 5.11 Å². The van der Waals surface area contributed by atoms with E-state index in [-0.39, 0.29) is 6.10 Å². The molecule has 1 aromatic rings. The number of hydrogen-bond acceptors (Lipinski definition) is 4. The average Bonchev–Trinajstić information content (AvgIpc) is 2.56. The molecular formula is C9H13BrN2OS. The molecule has 0 saturated heterocycles. The summed E-state index contributed by atoms with van der Waals surface area (Å²) in [5, 5.41) is 15.7. The van der Waals surface area contributed by atoms with Crippen LogP contribution >= 0.6 is 27.3 Å². The molecule has 0 amide bonds. The Morgan fingerprint density at radius 2 is 2.14 bits per heavy atom. The number of nitrogens with one attached hydrogen (secondary N) is 1. The smallest absolute Gasteiger partial charge is 0.183 e. The highest BCUT2D eigenvalue weighted by atomic mass is 79.9. The maximum atomic E-state index is 9.35. The van der Waals surface area contributed by atoms with Crippen LogP contribution < -0.4 is 5.32 Å². The van der Waals surface area contributed by atoms with Crippen LogP contribution in [0.1, 0.15) is 25.7 Å². The molecule has 0 aliphatic heterocycles. The van der Waals surface area contributed by atoms with Crippen LogP contribution in [0.4, 0.5) is 5.13 Å². The molecule has 3 nitrogen and oxygen atoms in total. The molecule has 2 N–H and O–H groups in total. The molecule has 1 saturated carbocycles. The monoisotopic (exact) mass is 276 g/mol. The summed E-state index contributed by atoms with van der Waals surface area (Å²) in [5.74, 6) is 0. The van der Waals surface area contributed by atoms with E-state index in [1.165, 1.54) is 0 Å². The number of aliphatic hydroxyl groups is 1. The lowest BCUT2D eigenvalue weighted by Crippen LogP contribution is -2.28. The van der Waals surface area contributed by atoms with Gasteiger partial charge in [0.05, 0.1) is 6.10 Å². The van der Waals surface area contributed by atoms with E-state index in [0.29, 0.717) is 6.04 Å². The van der Waals surface area contributed by atoms with Gasteiger partial charge in [0.15, 0.2) is 5.13 Å². The molecule has 1 heterocycles. The molecule has 78 valence electrons. The number of halogens is 1. The van der Waals surface area contributed by atoms with Crippen molar-refractivity contribution in [1.29, 1.82) is 0 Å². The third-order valence-corrected chi connectivity index (χ3v) is 3.98. The quantitative estimate of drug-likeness (QED) is 0.873. The largest absolute Gasteiger partial charge is 0.393 e. The van der Waals surface area contributed by atoms with E-state index in [1.54, 1.807) is 11.3 Å². The predicted octanol–water partition coefficient (Wildman–Crippen LogP) is 2.62. The molecular weight excluding hydrogens is 264 g/mol. The van der Waals surface area contributed by atoms with Gasteiger partial charge in [-0.1, -0.05) is 0 Å². The van der Waals surface area contributed by atoms with Crippen molar-refractivity contribution in [2.45, 2.75) is 37.8 Å². The van der Waals surface area contributed by atoms with Gasteiger partial charge in [0.1, 0.15) is 4.60 Å². The minimum Gasteiger partial charge on any atom is -0.393 e. The second kappa shape index (κ2) is 4.59. The maximum Gasteiger partial charge on any atom is 0.183 e. The van der Waals surface area contributed by atoms with Crippen molar-refractivity contribution in [2.75, 3.05) is 5.32 Å². The van der Waals surface area contributed by atoms with Crippen molar-refractivity contribution in [1.82, 2.24) is 4.98 Å². The molecule has 1 aromatic heterocycles. The zero-order chi connectivity index (χ0) is 9.97. The number of aliphatic hydroxyl groups excluding tert-OH is 1. The first kappa shape index (κ1) is 10.4. The molecule has 0 unspecified atom stereocenters. The Bertz CT molecular complexity index is 297. The Labute approximate surface area is 95.7 Å². The van der Waals surface area contributed by atoms with E-state index in [2.05, 4.69) is 26.2 Å². The van der Waals surface area contributed by atoms with Gasteiger partial charge in [0.2, 0.25) is 0 Å². The van der Waals surface area contributed by atoms with Crippen LogP contribution in [0.25, 0.3) is 0 Å². The van der Waals surface area contributed by atoms with Gasteiger partial charge < -0.3 is 10.4 Å². The normalized spacial score (nSPS) is 27.6. The highest BCUT2D eigenvalue weighted by molar-refractivity contribution is 9.10. The van der Waals surface area contributed by atoms with Crippen LogP contribution in [0, 0.1) is 0 Å². The second-order valence-corrected chi connectivity index (χ2v) is 5.30. The fourth-order valence-corrected chi connectivity index (χ4v) is 2.94. The number of thiazole rings is 1. The van der Waals surface area contributed by atoms with Crippen molar-refractivity contribution in [3.05, 3.63) is 9.98 Å². The van der Waals surface area contributed by atoms with E-state index in [9.17, 15) is 5.11 Å². The number of anilines is 1.